The number of rotatable bonds is 6. The minimum Gasteiger partial charge on any atom is -0.337 e. The Labute approximate surface area is 145 Å². The molecule has 1 aliphatic rings. The molecular formula is C17H32N6O. The van der Waals surface area contributed by atoms with Crippen LogP contribution in [0.3, 0.4) is 0 Å². The number of hydrogen-bond donors (Lipinski definition) is 2. The fourth-order valence-electron chi connectivity index (χ4n) is 3.34. The molecule has 7 heteroatoms. The van der Waals surface area contributed by atoms with E-state index in [0.717, 1.165) is 24.8 Å². The number of hydrogen-bond acceptors (Lipinski definition) is 4. The van der Waals surface area contributed by atoms with Crippen molar-refractivity contribution in [2.24, 2.45) is 18.9 Å². The van der Waals surface area contributed by atoms with Gasteiger partial charge in [0.1, 0.15) is 6.33 Å². The van der Waals surface area contributed by atoms with Crippen molar-refractivity contribution in [3.05, 3.63) is 12.2 Å². The van der Waals surface area contributed by atoms with Crippen molar-refractivity contribution in [2.75, 3.05) is 19.6 Å². The highest BCUT2D eigenvalue weighted by Gasteiger charge is 2.26. The van der Waals surface area contributed by atoms with Crippen LogP contribution in [-0.4, -0.2) is 51.4 Å². The summed E-state index contributed by atoms with van der Waals surface area (Å²) in [5, 5.41) is 13.9. The first-order valence-corrected chi connectivity index (χ1v) is 9.00. The molecule has 1 aromatic heterocycles. The first-order valence-electron chi connectivity index (χ1n) is 9.00. The molecule has 1 fully saturated rings. The van der Waals surface area contributed by atoms with Gasteiger partial charge in [0.2, 0.25) is 0 Å². The zero-order valence-corrected chi connectivity index (χ0v) is 15.6. The molecule has 2 N–H and O–H groups in total. The van der Waals surface area contributed by atoms with Crippen LogP contribution >= 0.6 is 0 Å². The van der Waals surface area contributed by atoms with Gasteiger partial charge >= 0.3 is 6.03 Å². The number of carbonyl (C=O) groups excluding carboxylic acids is 1. The van der Waals surface area contributed by atoms with Crippen LogP contribution in [0.25, 0.3) is 0 Å². The van der Waals surface area contributed by atoms with Gasteiger partial charge in [-0.3, -0.25) is 4.90 Å². The highest BCUT2D eigenvalue weighted by atomic mass is 16.2. The van der Waals surface area contributed by atoms with Crippen molar-refractivity contribution >= 4 is 6.03 Å². The number of carbonyl (C=O) groups is 1. The molecule has 1 saturated heterocycles. The molecule has 0 bridgehead atoms. The van der Waals surface area contributed by atoms with Crippen molar-refractivity contribution in [1.82, 2.24) is 30.3 Å². The highest BCUT2D eigenvalue weighted by Crippen LogP contribution is 2.21. The Bertz CT molecular complexity index is 521. The lowest BCUT2D eigenvalue weighted by Crippen LogP contribution is -2.51. The van der Waals surface area contributed by atoms with Gasteiger partial charge in [-0.15, -0.1) is 10.2 Å². The maximum absolute atomic E-state index is 12.2. The van der Waals surface area contributed by atoms with Crippen LogP contribution in [0.1, 0.15) is 52.4 Å². The SMILES string of the molecule is CC1CCN(C(CNC(=O)NC(C)c2nncn2C)C(C)C)CC1. The minimum atomic E-state index is -0.175. The number of urea groups is 1. The normalized spacial score (nSPS) is 19.2. The van der Waals surface area contributed by atoms with Gasteiger partial charge in [0.05, 0.1) is 6.04 Å². The average molecular weight is 336 g/mol. The third-order valence-corrected chi connectivity index (χ3v) is 5.01. The molecule has 1 aromatic rings. The molecule has 0 saturated carbocycles. The van der Waals surface area contributed by atoms with Gasteiger partial charge in [-0.2, -0.15) is 0 Å². The summed E-state index contributed by atoms with van der Waals surface area (Å²) in [6.07, 6.45) is 4.13. The second-order valence-electron chi connectivity index (χ2n) is 7.41. The number of likely N-dealkylation sites (tertiary alicyclic amines) is 1. The van der Waals surface area contributed by atoms with Crippen LogP contribution in [0.2, 0.25) is 0 Å². The average Bonchev–Trinajstić information content (AvgIpc) is 2.95. The summed E-state index contributed by atoms with van der Waals surface area (Å²) < 4.78 is 1.82. The zero-order chi connectivity index (χ0) is 17.7. The Morgan fingerprint density at radius 1 is 1.33 bits per heavy atom. The smallest absolute Gasteiger partial charge is 0.315 e. The van der Waals surface area contributed by atoms with Crippen molar-refractivity contribution < 1.29 is 4.79 Å². The van der Waals surface area contributed by atoms with E-state index in [2.05, 4.69) is 46.5 Å². The Balaban J connectivity index is 1.83. The van der Waals surface area contributed by atoms with Crippen molar-refractivity contribution in [3.8, 4) is 0 Å². The second kappa shape index (κ2) is 8.46. The summed E-state index contributed by atoms with van der Waals surface area (Å²) in [5.41, 5.74) is 0. The van der Waals surface area contributed by atoms with E-state index in [0.29, 0.717) is 18.5 Å². The first-order chi connectivity index (χ1) is 11.4. The maximum Gasteiger partial charge on any atom is 0.315 e. The number of nitrogens with one attached hydrogen (secondary N) is 2. The summed E-state index contributed by atoms with van der Waals surface area (Å²) in [6.45, 7) is 11.6. The molecule has 0 spiro atoms. The lowest BCUT2D eigenvalue weighted by Gasteiger charge is -2.38. The quantitative estimate of drug-likeness (QED) is 0.832. The number of aryl methyl sites for hydroxylation is 1. The second-order valence-corrected chi connectivity index (χ2v) is 7.41. The largest absolute Gasteiger partial charge is 0.337 e. The van der Waals surface area contributed by atoms with Gasteiger partial charge in [0.25, 0.3) is 0 Å². The van der Waals surface area contributed by atoms with E-state index in [1.54, 1.807) is 6.33 Å². The summed E-state index contributed by atoms with van der Waals surface area (Å²) >= 11 is 0. The van der Waals surface area contributed by atoms with E-state index in [1.165, 1.54) is 12.8 Å². The van der Waals surface area contributed by atoms with Crippen LogP contribution in [0.5, 0.6) is 0 Å². The van der Waals surface area contributed by atoms with E-state index in [1.807, 2.05) is 18.5 Å². The molecule has 0 radical (unpaired) electrons. The predicted molar refractivity (Wildman–Crippen MR) is 94.5 cm³/mol. The predicted octanol–water partition coefficient (Wildman–Crippen LogP) is 1.93. The Hall–Kier alpha value is -1.63. The van der Waals surface area contributed by atoms with Crippen LogP contribution < -0.4 is 10.6 Å². The van der Waals surface area contributed by atoms with Gasteiger partial charge in [-0.05, 0) is 44.7 Å². The Morgan fingerprint density at radius 3 is 2.54 bits per heavy atom. The van der Waals surface area contributed by atoms with Gasteiger partial charge in [0, 0.05) is 19.6 Å². The molecule has 2 unspecified atom stereocenters. The molecular weight excluding hydrogens is 304 g/mol. The molecule has 2 heterocycles. The van der Waals surface area contributed by atoms with Gasteiger partial charge in [0.15, 0.2) is 5.82 Å². The molecule has 7 nitrogen and oxygen atoms in total. The number of piperidine rings is 1. The fourth-order valence-corrected chi connectivity index (χ4v) is 3.34. The zero-order valence-electron chi connectivity index (χ0n) is 15.6. The van der Waals surface area contributed by atoms with E-state index >= 15 is 0 Å². The van der Waals surface area contributed by atoms with E-state index in [9.17, 15) is 4.79 Å². The van der Waals surface area contributed by atoms with Crippen LogP contribution in [-0.2, 0) is 7.05 Å². The summed E-state index contributed by atoms with van der Waals surface area (Å²) in [6, 6.07) is 0.0562. The topological polar surface area (TPSA) is 75.1 Å². The molecule has 2 rings (SSSR count). The monoisotopic (exact) mass is 336 g/mol. The lowest BCUT2D eigenvalue weighted by atomic mass is 9.94. The Morgan fingerprint density at radius 2 is 2.00 bits per heavy atom. The number of aromatic nitrogens is 3. The van der Waals surface area contributed by atoms with E-state index in [-0.39, 0.29) is 12.1 Å². The molecule has 2 atom stereocenters. The summed E-state index contributed by atoms with van der Waals surface area (Å²) in [7, 11) is 1.87. The molecule has 1 aliphatic heterocycles. The standard InChI is InChI=1S/C17H32N6O/c1-12(2)15(23-8-6-13(3)7-9-23)10-18-17(24)20-14(4)16-21-19-11-22(16)5/h11-15H,6-10H2,1-5H3,(H2,18,20,24). The van der Waals surface area contributed by atoms with Gasteiger partial charge in [-0.1, -0.05) is 20.8 Å². The maximum atomic E-state index is 12.2. The van der Waals surface area contributed by atoms with Crippen molar-refractivity contribution in [3.63, 3.8) is 0 Å². The van der Waals surface area contributed by atoms with E-state index < -0.39 is 0 Å². The van der Waals surface area contributed by atoms with Crippen LogP contribution in [0.15, 0.2) is 6.33 Å². The summed E-state index contributed by atoms with van der Waals surface area (Å²) in [5.74, 6) is 2.07. The minimum absolute atomic E-state index is 0.151. The highest BCUT2D eigenvalue weighted by molar-refractivity contribution is 5.74. The number of amides is 2. The third kappa shape index (κ3) is 4.93. The van der Waals surface area contributed by atoms with Gasteiger partial charge < -0.3 is 15.2 Å². The van der Waals surface area contributed by atoms with Crippen LogP contribution in [0, 0.1) is 11.8 Å². The van der Waals surface area contributed by atoms with E-state index in [4.69, 9.17) is 0 Å². The lowest BCUT2D eigenvalue weighted by molar-refractivity contribution is 0.108. The van der Waals surface area contributed by atoms with Crippen molar-refractivity contribution in [2.45, 2.75) is 52.6 Å². The molecule has 0 aliphatic carbocycles. The molecule has 24 heavy (non-hydrogen) atoms. The number of nitrogens with zero attached hydrogens (tertiary/aromatic N) is 4. The summed E-state index contributed by atoms with van der Waals surface area (Å²) in [4.78, 5) is 14.7. The Kier molecular flexibility index (Phi) is 6.60. The third-order valence-electron chi connectivity index (χ3n) is 5.01. The molecule has 136 valence electrons. The van der Waals surface area contributed by atoms with Gasteiger partial charge in [-0.25, -0.2) is 4.79 Å². The fraction of sp³-hybridized carbons (Fsp3) is 0.824. The molecule has 0 aromatic carbocycles. The first kappa shape index (κ1) is 18.7. The molecule has 2 amide bonds. The van der Waals surface area contributed by atoms with Crippen molar-refractivity contribution in [1.29, 1.82) is 0 Å². The van der Waals surface area contributed by atoms with Crippen LogP contribution in [0.4, 0.5) is 4.79 Å².